The van der Waals surface area contributed by atoms with Crippen molar-refractivity contribution in [3.05, 3.63) is 34.7 Å². The predicted molar refractivity (Wildman–Crippen MR) is 60.7 cm³/mol. The molecule has 13 heavy (non-hydrogen) atoms. The molecule has 0 aromatic heterocycles. The standard InChI is InChI=1S/C9H8N2S2/c1-2-4-7-6(3-1)10-8-5-12-9(11-7)13-8/h1-5,9-11H. The van der Waals surface area contributed by atoms with Gasteiger partial charge in [0.15, 0.2) is 0 Å². The van der Waals surface area contributed by atoms with Gasteiger partial charge in [0.25, 0.3) is 0 Å². The summed E-state index contributed by atoms with van der Waals surface area (Å²) in [7, 11) is 0. The fourth-order valence-corrected chi connectivity index (χ4v) is 3.57. The third kappa shape index (κ3) is 1.30. The van der Waals surface area contributed by atoms with Crippen LogP contribution in [-0.2, 0) is 0 Å². The normalized spacial score (nSPS) is 23.7. The lowest BCUT2D eigenvalue weighted by Gasteiger charge is -2.12. The Morgan fingerprint density at radius 3 is 2.92 bits per heavy atom. The van der Waals surface area contributed by atoms with Gasteiger partial charge in [-0.1, -0.05) is 35.7 Å². The number of anilines is 2. The Morgan fingerprint density at radius 2 is 2.00 bits per heavy atom. The van der Waals surface area contributed by atoms with Crippen molar-refractivity contribution in [3.8, 4) is 0 Å². The average Bonchev–Trinajstić information content (AvgIpc) is 2.48. The summed E-state index contributed by atoms with van der Waals surface area (Å²) < 4.78 is 0.436. The van der Waals surface area contributed by atoms with E-state index in [9.17, 15) is 0 Å². The second-order valence-electron chi connectivity index (χ2n) is 2.88. The maximum absolute atomic E-state index is 3.46. The molecular weight excluding hydrogens is 200 g/mol. The van der Waals surface area contributed by atoms with Crippen molar-refractivity contribution in [1.82, 2.24) is 0 Å². The van der Waals surface area contributed by atoms with Crippen LogP contribution >= 0.6 is 23.5 Å². The van der Waals surface area contributed by atoms with Gasteiger partial charge in [0.1, 0.15) is 4.71 Å². The molecule has 0 aliphatic carbocycles. The molecule has 3 rings (SSSR count). The number of para-hydroxylation sites is 2. The zero-order valence-corrected chi connectivity index (χ0v) is 8.41. The third-order valence-corrected chi connectivity index (χ3v) is 4.30. The number of hydrogen-bond acceptors (Lipinski definition) is 4. The molecular formula is C9H8N2S2. The number of fused-ring (bicyclic) bond motifs is 3. The van der Waals surface area contributed by atoms with Gasteiger partial charge in [-0.05, 0) is 12.1 Å². The van der Waals surface area contributed by atoms with E-state index in [1.54, 1.807) is 0 Å². The van der Waals surface area contributed by atoms with Crippen LogP contribution in [0.4, 0.5) is 11.4 Å². The van der Waals surface area contributed by atoms with Gasteiger partial charge in [-0.2, -0.15) is 0 Å². The van der Waals surface area contributed by atoms with Gasteiger partial charge in [0, 0.05) is 5.41 Å². The highest BCUT2D eigenvalue weighted by atomic mass is 32.2. The molecule has 4 heteroatoms. The number of rotatable bonds is 0. The summed E-state index contributed by atoms with van der Waals surface area (Å²) in [6.07, 6.45) is 0. The van der Waals surface area contributed by atoms with Gasteiger partial charge in [-0.3, -0.25) is 0 Å². The molecule has 2 aliphatic rings. The molecule has 2 heterocycles. The largest absolute Gasteiger partial charge is 0.363 e. The molecule has 1 aromatic carbocycles. The second-order valence-corrected chi connectivity index (χ2v) is 5.31. The van der Waals surface area contributed by atoms with Crippen LogP contribution in [0.25, 0.3) is 0 Å². The topological polar surface area (TPSA) is 24.1 Å². The monoisotopic (exact) mass is 208 g/mol. The predicted octanol–water partition coefficient (Wildman–Crippen LogP) is 3.09. The van der Waals surface area contributed by atoms with E-state index in [1.807, 2.05) is 29.6 Å². The van der Waals surface area contributed by atoms with E-state index < -0.39 is 0 Å². The van der Waals surface area contributed by atoms with Crippen molar-refractivity contribution in [2.24, 2.45) is 0 Å². The molecule has 0 amide bonds. The Balaban J connectivity index is 2.07. The first-order valence-electron chi connectivity index (χ1n) is 4.07. The van der Waals surface area contributed by atoms with Crippen molar-refractivity contribution >= 4 is 34.9 Å². The molecule has 2 N–H and O–H groups in total. The first kappa shape index (κ1) is 7.64. The molecule has 0 fully saturated rings. The highest BCUT2D eigenvalue weighted by Crippen LogP contribution is 2.44. The van der Waals surface area contributed by atoms with Crippen LogP contribution in [0.3, 0.4) is 0 Å². The Labute approximate surface area is 85.2 Å². The highest BCUT2D eigenvalue weighted by molar-refractivity contribution is 8.23. The fraction of sp³-hybridized carbons (Fsp3) is 0.111. The second kappa shape index (κ2) is 2.89. The fourth-order valence-electron chi connectivity index (χ4n) is 1.39. The van der Waals surface area contributed by atoms with Crippen molar-refractivity contribution in [2.75, 3.05) is 10.6 Å². The number of nitrogens with one attached hydrogen (secondary N) is 2. The zero-order valence-electron chi connectivity index (χ0n) is 6.78. The Morgan fingerprint density at radius 1 is 1.15 bits per heavy atom. The van der Waals surface area contributed by atoms with Crippen molar-refractivity contribution in [2.45, 2.75) is 4.71 Å². The van der Waals surface area contributed by atoms with E-state index in [0.29, 0.717) is 4.71 Å². The summed E-state index contributed by atoms with van der Waals surface area (Å²) >= 11 is 3.65. The maximum atomic E-state index is 3.46. The molecule has 66 valence electrons. The molecule has 1 unspecified atom stereocenters. The van der Waals surface area contributed by atoms with E-state index in [-0.39, 0.29) is 0 Å². The van der Waals surface area contributed by atoms with Crippen LogP contribution in [0, 0.1) is 0 Å². The van der Waals surface area contributed by atoms with E-state index in [1.165, 1.54) is 16.4 Å². The van der Waals surface area contributed by atoms with Gasteiger partial charge in [-0.15, -0.1) is 0 Å². The van der Waals surface area contributed by atoms with Crippen LogP contribution < -0.4 is 10.6 Å². The Kier molecular flexibility index (Phi) is 1.70. The maximum Gasteiger partial charge on any atom is 0.129 e. The van der Waals surface area contributed by atoms with Crippen LogP contribution in [0.1, 0.15) is 0 Å². The summed E-state index contributed by atoms with van der Waals surface area (Å²) in [6, 6.07) is 8.29. The molecule has 2 aliphatic heterocycles. The molecule has 1 aromatic rings. The molecule has 2 bridgehead atoms. The van der Waals surface area contributed by atoms with E-state index >= 15 is 0 Å². The summed E-state index contributed by atoms with van der Waals surface area (Å²) in [6.45, 7) is 0. The lowest BCUT2D eigenvalue weighted by atomic mass is 10.2. The summed E-state index contributed by atoms with van der Waals surface area (Å²) in [4.78, 5) is 0. The molecule has 1 atom stereocenters. The average molecular weight is 208 g/mol. The lowest BCUT2D eigenvalue weighted by molar-refractivity contribution is 1.41. The molecule has 2 nitrogen and oxygen atoms in total. The highest BCUT2D eigenvalue weighted by Gasteiger charge is 2.23. The van der Waals surface area contributed by atoms with Gasteiger partial charge >= 0.3 is 0 Å². The van der Waals surface area contributed by atoms with Gasteiger partial charge in [0.05, 0.1) is 16.4 Å². The zero-order chi connectivity index (χ0) is 8.67. The van der Waals surface area contributed by atoms with Crippen molar-refractivity contribution in [1.29, 1.82) is 0 Å². The Hall–Kier alpha value is -0.740. The van der Waals surface area contributed by atoms with Crippen LogP contribution in [0.2, 0.25) is 0 Å². The Bertz CT molecular complexity index is 376. The van der Waals surface area contributed by atoms with Crippen molar-refractivity contribution in [3.63, 3.8) is 0 Å². The molecule has 0 saturated carbocycles. The number of hydrogen-bond donors (Lipinski definition) is 2. The number of benzene rings is 1. The third-order valence-electron chi connectivity index (χ3n) is 1.99. The molecule has 0 spiro atoms. The molecule has 0 saturated heterocycles. The summed E-state index contributed by atoms with van der Waals surface area (Å²) in [5.74, 6) is 0. The van der Waals surface area contributed by atoms with Gasteiger partial charge < -0.3 is 10.6 Å². The minimum Gasteiger partial charge on any atom is -0.363 e. The minimum absolute atomic E-state index is 0.436. The first-order valence-corrected chi connectivity index (χ1v) is 5.89. The first-order chi connectivity index (χ1) is 6.42. The van der Waals surface area contributed by atoms with Gasteiger partial charge in [0.2, 0.25) is 0 Å². The quantitative estimate of drug-likeness (QED) is 0.684. The van der Waals surface area contributed by atoms with Crippen molar-refractivity contribution < 1.29 is 0 Å². The number of thioether (sulfide) groups is 2. The van der Waals surface area contributed by atoms with Crippen LogP contribution in [-0.4, -0.2) is 4.71 Å². The van der Waals surface area contributed by atoms with E-state index in [2.05, 4.69) is 34.2 Å². The summed E-state index contributed by atoms with van der Waals surface area (Å²) in [5, 5.41) is 10.3. The lowest BCUT2D eigenvalue weighted by Crippen LogP contribution is -2.06. The minimum atomic E-state index is 0.436. The summed E-state index contributed by atoms with van der Waals surface area (Å²) in [5.41, 5.74) is 2.36. The van der Waals surface area contributed by atoms with Gasteiger partial charge in [-0.25, -0.2) is 0 Å². The SMILES string of the molecule is C1=C2Nc3ccccc3NC(S1)S2. The smallest absolute Gasteiger partial charge is 0.129 e. The van der Waals surface area contributed by atoms with E-state index in [0.717, 1.165) is 0 Å². The van der Waals surface area contributed by atoms with Crippen LogP contribution in [0.5, 0.6) is 0 Å². The molecule has 0 radical (unpaired) electrons. The van der Waals surface area contributed by atoms with E-state index in [4.69, 9.17) is 0 Å². The van der Waals surface area contributed by atoms with Crippen LogP contribution in [0.15, 0.2) is 34.7 Å².